The van der Waals surface area contributed by atoms with Crippen LogP contribution in [0.25, 0.3) is 5.57 Å². The molecule has 1 aliphatic heterocycles. The van der Waals surface area contributed by atoms with Gasteiger partial charge in [-0.15, -0.1) is 0 Å². The highest BCUT2D eigenvalue weighted by atomic mass is 32.2. The molecule has 0 saturated carbocycles. The molecular weight excluding hydrogens is 247 g/mol. The van der Waals surface area contributed by atoms with Crippen molar-refractivity contribution in [3.8, 4) is 0 Å². The maximum absolute atomic E-state index is 13.0. The quantitative estimate of drug-likeness (QED) is 0.869. The lowest BCUT2D eigenvalue weighted by Crippen LogP contribution is -2.01. The fourth-order valence-corrected chi connectivity index (χ4v) is 2.75. The van der Waals surface area contributed by atoms with E-state index in [9.17, 15) is 17.6 Å². The number of sulfone groups is 1. The van der Waals surface area contributed by atoms with Crippen LogP contribution in [0.1, 0.15) is 5.56 Å². The van der Waals surface area contributed by atoms with Crippen LogP contribution in [0.3, 0.4) is 0 Å². The summed E-state index contributed by atoms with van der Waals surface area (Å²) in [7, 11) is -3.68. The summed E-state index contributed by atoms with van der Waals surface area (Å²) >= 11 is 0. The van der Waals surface area contributed by atoms with Crippen molar-refractivity contribution in [1.82, 2.24) is 0 Å². The minimum absolute atomic E-state index is 0.00278. The topological polar surface area (TPSA) is 71.4 Å². The summed E-state index contributed by atoms with van der Waals surface area (Å²) in [6, 6.07) is 5.11. The first-order valence-corrected chi connectivity index (χ1v) is 6.18. The summed E-state index contributed by atoms with van der Waals surface area (Å²) in [5.41, 5.74) is -0.132. The molecule has 0 unspecified atom stereocenters. The molecule has 0 radical (unpaired) electrons. The molecular formula is C11H7FO4S. The first-order chi connectivity index (χ1) is 7.89. The van der Waals surface area contributed by atoms with Crippen LogP contribution in [-0.4, -0.2) is 19.5 Å². The summed E-state index contributed by atoms with van der Waals surface area (Å²) in [6.45, 7) is 0. The standard InChI is InChI=1S/C11H7FO4S/c12-8-3-1-2-7(4-8)9-5-17(15,16)6-10(9)11(13)14/h1-6H,(H,13,14). The first kappa shape index (κ1) is 11.5. The van der Waals surface area contributed by atoms with Crippen LogP contribution in [0.5, 0.6) is 0 Å². The second-order valence-electron chi connectivity index (χ2n) is 3.47. The van der Waals surface area contributed by atoms with E-state index >= 15 is 0 Å². The maximum atomic E-state index is 13.0. The number of rotatable bonds is 2. The highest BCUT2D eigenvalue weighted by Gasteiger charge is 2.26. The lowest BCUT2D eigenvalue weighted by molar-refractivity contribution is -0.132. The molecule has 0 aliphatic carbocycles. The van der Waals surface area contributed by atoms with Gasteiger partial charge in [0.2, 0.25) is 0 Å². The molecule has 0 amide bonds. The molecule has 4 nitrogen and oxygen atoms in total. The van der Waals surface area contributed by atoms with Crippen molar-refractivity contribution in [3.05, 3.63) is 52.0 Å². The fraction of sp³-hybridized carbons (Fsp3) is 0. The zero-order valence-corrected chi connectivity index (χ0v) is 9.24. The minimum atomic E-state index is -3.68. The van der Waals surface area contributed by atoms with Gasteiger partial charge in [0.25, 0.3) is 0 Å². The number of aliphatic carboxylic acids is 1. The Morgan fingerprint density at radius 2 is 1.94 bits per heavy atom. The number of carboxylic acids is 1. The molecule has 1 aliphatic rings. The fourth-order valence-electron chi connectivity index (χ4n) is 1.53. The van der Waals surface area contributed by atoms with Crippen molar-refractivity contribution in [3.63, 3.8) is 0 Å². The zero-order valence-electron chi connectivity index (χ0n) is 8.42. The van der Waals surface area contributed by atoms with Crippen LogP contribution < -0.4 is 0 Å². The van der Waals surface area contributed by atoms with E-state index in [1.54, 1.807) is 0 Å². The van der Waals surface area contributed by atoms with Crippen molar-refractivity contribution in [1.29, 1.82) is 0 Å². The molecule has 0 saturated heterocycles. The second kappa shape index (κ2) is 3.81. The highest BCUT2D eigenvalue weighted by Crippen LogP contribution is 2.31. The Morgan fingerprint density at radius 1 is 1.24 bits per heavy atom. The SMILES string of the molecule is O=C(O)C1=CS(=O)(=O)C=C1c1cccc(F)c1. The van der Waals surface area contributed by atoms with Gasteiger partial charge in [-0.25, -0.2) is 17.6 Å². The van der Waals surface area contributed by atoms with Gasteiger partial charge in [-0.3, -0.25) is 0 Å². The molecule has 0 spiro atoms. The summed E-state index contributed by atoms with van der Waals surface area (Å²) < 4.78 is 35.6. The normalized spacial score (nSPS) is 17.5. The highest BCUT2D eigenvalue weighted by molar-refractivity contribution is 7.97. The van der Waals surface area contributed by atoms with Gasteiger partial charge < -0.3 is 5.11 Å². The number of halogens is 1. The van der Waals surface area contributed by atoms with Gasteiger partial charge in [0.05, 0.1) is 11.0 Å². The number of hydrogen-bond donors (Lipinski definition) is 1. The van der Waals surface area contributed by atoms with Crippen molar-refractivity contribution < 1.29 is 22.7 Å². The van der Waals surface area contributed by atoms with Crippen molar-refractivity contribution in [2.24, 2.45) is 0 Å². The van der Waals surface area contributed by atoms with Crippen LogP contribution in [0, 0.1) is 5.82 Å². The number of benzene rings is 1. The zero-order chi connectivity index (χ0) is 12.6. The molecule has 1 aromatic rings. The Hall–Kier alpha value is -1.95. The summed E-state index contributed by atoms with van der Waals surface area (Å²) in [4.78, 5) is 10.9. The Bertz CT molecular complexity index is 656. The Balaban J connectivity index is 2.60. The maximum Gasteiger partial charge on any atom is 0.337 e. The summed E-state index contributed by atoms with van der Waals surface area (Å²) in [6.07, 6.45) is 0. The van der Waals surface area contributed by atoms with E-state index in [0.717, 1.165) is 11.5 Å². The van der Waals surface area contributed by atoms with E-state index in [-0.39, 0.29) is 16.7 Å². The van der Waals surface area contributed by atoms with E-state index in [1.807, 2.05) is 0 Å². The predicted molar refractivity (Wildman–Crippen MR) is 59.0 cm³/mol. The smallest absolute Gasteiger partial charge is 0.337 e. The molecule has 0 aromatic heterocycles. The van der Waals surface area contributed by atoms with Crippen LogP contribution >= 0.6 is 0 Å². The second-order valence-corrected chi connectivity index (χ2v) is 5.12. The molecule has 6 heteroatoms. The molecule has 17 heavy (non-hydrogen) atoms. The largest absolute Gasteiger partial charge is 0.478 e. The number of carbonyl (C=O) groups is 1. The van der Waals surface area contributed by atoms with Crippen LogP contribution in [-0.2, 0) is 14.6 Å². The third-order valence-electron chi connectivity index (χ3n) is 2.22. The predicted octanol–water partition coefficient (Wildman–Crippen LogP) is 1.56. The van der Waals surface area contributed by atoms with Gasteiger partial charge in [0.15, 0.2) is 9.84 Å². The van der Waals surface area contributed by atoms with Gasteiger partial charge in [0.1, 0.15) is 5.82 Å². The van der Waals surface area contributed by atoms with Crippen molar-refractivity contribution in [2.45, 2.75) is 0 Å². The molecule has 2 rings (SSSR count). The molecule has 0 bridgehead atoms. The molecule has 0 atom stereocenters. The monoisotopic (exact) mass is 254 g/mol. The Morgan fingerprint density at radius 3 is 2.53 bits per heavy atom. The Labute approximate surface area is 96.6 Å². The minimum Gasteiger partial charge on any atom is -0.478 e. The van der Waals surface area contributed by atoms with Crippen LogP contribution in [0.15, 0.2) is 40.7 Å². The van der Waals surface area contributed by atoms with Crippen LogP contribution in [0.2, 0.25) is 0 Å². The van der Waals surface area contributed by atoms with Gasteiger partial charge >= 0.3 is 5.97 Å². The molecule has 1 aromatic carbocycles. The van der Waals surface area contributed by atoms with Gasteiger partial charge in [-0.1, -0.05) is 12.1 Å². The van der Waals surface area contributed by atoms with Crippen molar-refractivity contribution >= 4 is 21.4 Å². The summed E-state index contributed by atoms with van der Waals surface area (Å²) in [5, 5.41) is 10.4. The van der Waals surface area contributed by atoms with E-state index in [4.69, 9.17) is 5.11 Å². The van der Waals surface area contributed by atoms with Crippen molar-refractivity contribution in [2.75, 3.05) is 0 Å². The third-order valence-corrected chi connectivity index (χ3v) is 3.35. The lowest BCUT2D eigenvalue weighted by atomic mass is 10.0. The average Bonchev–Trinajstić information content (AvgIpc) is 2.55. The molecule has 1 heterocycles. The van der Waals surface area contributed by atoms with E-state index in [2.05, 4.69) is 0 Å². The average molecular weight is 254 g/mol. The molecule has 1 N–H and O–H groups in total. The van der Waals surface area contributed by atoms with Gasteiger partial charge in [0, 0.05) is 11.0 Å². The van der Waals surface area contributed by atoms with E-state index in [1.165, 1.54) is 18.2 Å². The Kier molecular flexibility index (Phi) is 2.59. The summed E-state index contributed by atoms with van der Waals surface area (Å²) in [5.74, 6) is -1.92. The number of carboxylic acid groups (broad SMARTS) is 1. The molecule has 88 valence electrons. The van der Waals surface area contributed by atoms with Crippen LogP contribution in [0.4, 0.5) is 4.39 Å². The third kappa shape index (κ3) is 2.26. The lowest BCUT2D eigenvalue weighted by Gasteiger charge is -2.03. The van der Waals surface area contributed by atoms with Gasteiger partial charge in [-0.2, -0.15) is 0 Å². The molecule has 0 fully saturated rings. The van der Waals surface area contributed by atoms with E-state index < -0.39 is 21.6 Å². The van der Waals surface area contributed by atoms with E-state index in [0.29, 0.717) is 5.41 Å². The first-order valence-electron chi connectivity index (χ1n) is 4.57. The van der Waals surface area contributed by atoms with Gasteiger partial charge in [-0.05, 0) is 17.7 Å². The number of hydrogen-bond acceptors (Lipinski definition) is 3.